The zero-order valence-corrected chi connectivity index (χ0v) is 26.9. The van der Waals surface area contributed by atoms with E-state index in [-0.39, 0.29) is 47.1 Å². The van der Waals surface area contributed by atoms with E-state index < -0.39 is 5.60 Å². The van der Waals surface area contributed by atoms with Gasteiger partial charge in [0.1, 0.15) is 17.1 Å². The number of phenolic OH excluding ortho intramolecular Hbond substituents is 2. The van der Waals surface area contributed by atoms with Gasteiger partial charge in [-0.25, -0.2) is 4.79 Å². The number of benzene rings is 2. The number of anilines is 2. The molecule has 6 rings (SSSR count). The normalized spacial score (nSPS) is 15.5. The molecule has 2 aliphatic rings. The molecule has 2 fully saturated rings. The second kappa shape index (κ2) is 13.8. The van der Waals surface area contributed by atoms with Crippen LogP contribution in [0.3, 0.4) is 0 Å². The Balaban J connectivity index is 0.000000198. The zero-order valence-electron chi connectivity index (χ0n) is 24.9. The predicted molar refractivity (Wildman–Crippen MR) is 168 cm³/mol. The van der Waals surface area contributed by atoms with Crippen LogP contribution in [0.4, 0.5) is 16.2 Å². The van der Waals surface area contributed by atoms with Gasteiger partial charge in [-0.1, -0.05) is 0 Å². The maximum absolute atomic E-state index is 12.2. The number of aromatic hydroxyl groups is 2. The van der Waals surface area contributed by atoms with Crippen LogP contribution in [-0.4, -0.2) is 119 Å². The van der Waals surface area contributed by atoms with Crippen molar-refractivity contribution < 1.29 is 19.7 Å². The molecule has 10 nitrogen and oxygen atoms in total. The van der Waals surface area contributed by atoms with Crippen molar-refractivity contribution in [2.45, 2.75) is 26.4 Å². The van der Waals surface area contributed by atoms with Crippen molar-refractivity contribution in [3.05, 3.63) is 60.9 Å². The number of carbonyl (C=O) groups is 1. The third kappa shape index (κ3) is 7.74. The molecule has 0 spiro atoms. The Morgan fingerprint density at radius 3 is 1.71 bits per heavy atom. The van der Waals surface area contributed by atoms with Crippen LogP contribution in [0.5, 0.6) is 11.5 Å². The van der Waals surface area contributed by atoms with E-state index in [0.29, 0.717) is 13.1 Å². The molecule has 217 valence electrons. The Morgan fingerprint density at radius 2 is 1.24 bits per heavy atom. The largest absolute Gasteiger partial charge is 0.508 e. The van der Waals surface area contributed by atoms with Gasteiger partial charge in [0.05, 0.1) is 11.0 Å². The van der Waals surface area contributed by atoms with Crippen molar-refractivity contribution in [2.24, 2.45) is 0 Å². The average Bonchev–Trinajstić information content (AvgIpc) is 2.96. The van der Waals surface area contributed by atoms with Gasteiger partial charge in [-0.2, -0.15) is 0 Å². The zero-order chi connectivity index (χ0) is 29.0. The van der Waals surface area contributed by atoms with Crippen molar-refractivity contribution >= 4 is 68.8 Å². The van der Waals surface area contributed by atoms with Gasteiger partial charge in [0, 0.05) is 129 Å². The fraction of sp³-hybridized carbons (Fsp3) is 0.387. The molecule has 4 heterocycles. The molecule has 2 aliphatic heterocycles. The van der Waals surface area contributed by atoms with E-state index in [1.165, 1.54) is 5.69 Å². The summed E-state index contributed by atoms with van der Waals surface area (Å²) < 4.78 is 5.43. The number of rotatable bonds is 2. The van der Waals surface area contributed by atoms with Gasteiger partial charge in [-0.3, -0.25) is 9.97 Å². The van der Waals surface area contributed by atoms with E-state index in [0.717, 1.165) is 66.8 Å². The number of piperazine rings is 2. The second-order valence-corrected chi connectivity index (χ2v) is 11.3. The molecule has 0 bridgehead atoms. The summed E-state index contributed by atoms with van der Waals surface area (Å²) in [5.41, 5.74) is 3.42. The Morgan fingerprint density at radius 1 is 0.762 bits per heavy atom. The summed E-state index contributed by atoms with van der Waals surface area (Å²) in [6.07, 6.45) is 3.29. The molecule has 0 aliphatic carbocycles. The summed E-state index contributed by atoms with van der Waals surface area (Å²) in [7, 11) is 0. The number of carbonyl (C=O) groups excluding carboxylic acids is 1. The fourth-order valence-electron chi connectivity index (χ4n) is 5.16. The maximum Gasteiger partial charge on any atom is 0.410 e. The van der Waals surface area contributed by atoms with E-state index >= 15 is 0 Å². The van der Waals surface area contributed by atoms with Gasteiger partial charge in [-0.05, 0) is 57.2 Å². The van der Waals surface area contributed by atoms with Crippen LogP contribution in [-0.2, 0) is 4.74 Å². The van der Waals surface area contributed by atoms with E-state index in [1.54, 1.807) is 41.6 Å². The summed E-state index contributed by atoms with van der Waals surface area (Å²) >= 11 is 0. The SMILES string of the molecule is CC(C)(C)OC(=O)N1CCN(c2ccnc3cc(O)ccc23)CC1.Oc1ccc2c(N3CCNCC3)ccnc2c1.[Na]. The van der Waals surface area contributed by atoms with Gasteiger partial charge in [0.2, 0.25) is 0 Å². The van der Waals surface area contributed by atoms with Gasteiger partial charge in [0.25, 0.3) is 0 Å². The molecule has 1 amide bonds. The molecule has 2 aromatic carbocycles. The quantitative estimate of drug-likeness (QED) is 0.303. The number of pyridine rings is 2. The van der Waals surface area contributed by atoms with E-state index in [9.17, 15) is 15.0 Å². The first-order valence-electron chi connectivity index (χ1n) is 14.0. The molecule has 0 atom stereocenters. The molecule has 1 radical (unpaired) electrons. The van der Waals surface area contributed by atoms with Crippen molar-refractivity contribution in [3.8, 4) is 11.5 Å². The van der Waals surface area contributed by atoms with Crippen LogP contribution in [0.2, 0.25) is 0 Å². The first-order chi connectivity index (χ1) is 19.7. The number of amides is 1. The van der Waals surface area contributed by atoms with Gasteiger partial charge in [0.15, 0.2) is 0 Å². The molecule has 3 N–H and O–H groups in total. The van der Waals surface area contributed by atoms with Crippen molar-refractivity contribution in [2.75, 3.05) is 62.2 Å². The van der Waals surface area contributed by atoms with Crippen LogP contribution in [0.15, 0.2) is 60.9 Å². The summed E-state index contributed by atoms with van der Waals surface area (Å²) in [5.74, 6) is 0.476. The summed E-state index contributed by atoms with van der Waals surface area (Å²) in [6.45, 7) is 12.4. The van der Waals surface area contributed by atoms with Crippen molar-refractivity contribution in [1.29, 1.82) is 0 Å². The minimum absolute atomic E-state index is 0. The Hall–Kier alpha value is -3.31. The summed E-state index contributed by atoms with van der Waals surface area (Å²) in [5, 5.41) is 24.5. The smallest absolute Gasteiger partial charge is 0.410 e. The monoisotopic (exact) mass is 581 g/mol. The number of hydrogen-bond acceptors (Lipinski definition) is 9. The Labute approximate surface area is 268 Å². The number of aromatic nitrogens is 2. The molecule has 0 unspecified atom stereocenters. The maximum atomic E-state index is 12.2. The first kappa shape index (κ1) is 31.6. The predicted octanol–water partition coefficient (Wildman–Crippen LogP) is 3.97. The van der Waals surface area contributed by atoms with E-state index in [1.807, 2.05) is 45.0 Å². The average molecular weight is 582 g/mol. The molecule has 42 heavy (non-hydrogen) atoms. The second-order valence-electron chi connectivity index (χ2n) is 11.3. The summed E-state index contributed by atoms with van der Waals surface area (Å²) in [6, 6.07) is 14.6. The number of nitrogens with one attached hydrogen (secondary N) is 1. The first-order valence-corrected chi connectivity index (χ1v) is 14.0. The molecule has 2 aromatic heterocycles. The number of nitrogens with zero attached hydrogens (tertiary/aromatic N) is 5. The Kier molecular flexibility index (Phi) is 10.4. The fourth-order valence-corrected chi connectivity index (χ4v) is 5.16. The molecule has 2 saturated heterocycles. The van der Waals surface area contributed by atoms with Crippen molar-refractivity contribution in [1.82, 2.24) is 20.2 Å². The number of hydrogen-bond donors (Lipinski definition) is 3. The third-order valence-corrected chi connectivity index (χ3v) is 7.14. The van der Waals surface area contributed by atoms with Crippen LogP contribution in [0.1, 0.15) is 20.8 Å². The molecule has 4 aromatic rings. The third-order valence-electron chi connectivity index (χ3n) is 7.14. The van der Waals surface area contributed by atoms with Crippen LogP contribution in [0, 0.1) is 0 Å². The van der Waals surface area contributed by atoms with Gasteiger partial charge in [-0.15, -0.1) is 0 Å². The molecular formula is C31H38N6NaO4. The minimum atomic E-state index is -0.475. The van der Waals surface area contributed by atoms with E-state index in [4.69, 9.17) is 4.74 Å². The summed E-state index contributed by atoms with van der Waals surface area (Å²) in [4.78, 5) is 27.1. The van der Waals surface area contributed by atoms with Gasteiger partial charge >= 0.3 is 6.09 Å². The Bertz CT molecular complexity index is 1510. The molecule has 0 saturated carbocycles. The number of fused-ring (bicyclic) bond motifs is 2. The topological polar surface area (TPSA) is 114 Å². The number of phenols is 2. The minimum Gasteiger partial charge on any atom is -0.508 e. The molecular weight excluding hydrogens is 543 g/mol. The standard InChI is InChI=1S/C18H23N3O3.C13H15N3O.Na/c1-18(2,3)24-17(23)21-10-8-20(9-11-21)16-6-7-19-15-12-13(22)4-5-14(15)16;17-10-1-2-11-12(9-10)15-4-3-13(11)16-7-5-14-6-8-16;/h4-7,12,22H,8-11H2,1-3H3;1-4,9,14,17H,5-8H2;. The van der Waals surface area contributed by atoms with E-state index in [2.05, 4.69) is 25.1 Å². The van der Waals surface area contributed by atoms with Crippen molar-refractivity contribution in [3.63, 3.8) is 0 Å². The van der Waals surface area contributed by atoms with Crippen LogP contribution in [0.25, 0.3) is 21.8 Å². The molecule has 11 heteroatoms. The van der Waals surface area contributed by atoms with Gasteiger partial charge < -0.3 is 35.0 Å². The van der Waals surface area contributed by atoms with Crippen LogP contribution >= 0.6 is 0 Å². The number of ether oxygens (including phenoxy) is 1. The van der Waals surface area contributed by atoms with Crippen LogP contribution < -0.4 is 15.1 Å².